The molecule has 0 rings (SSSR count). The van der Waals surface area contributed by atoms with E-state index in [0.29, 0.717) is 16.1 Å². The predicted molar refractivity (Wildman–Crippen MR) is 126 cm³/mol. The Labute approximate surface area is 180 Å². The molecule has 0 N–H and O–H groups in total. The maximum atomic E-state index is 5.06. The average molecular weight is 804 g/mol. The van der Waals surface area contributed by atoms with Gasteiger partial charge in [0.15, 0.2) is 0 Å². The van der Waals surface area contributed by atoms with Crippen molar-refractivity contribution in [3.8, 4) is 0 Å². The summed E-state index contributed by atoms with van der Waals surface area (Å²) in [6.45, 7) is 8.94. The molecule has 12 heteroatoms. The van der Waals surface area contributed by atoms with Crippen molar-refractivity contribution in [2.75, 3.05) is 23.0 Å². The summed E-state index contributed by atoms with van der Waals surface area (Å²) in [5.74, 6) is 5.38. The SMILES string of the molecule is CC[S+](I)CC.CC[S+](I)CC.[Cl-].[Cl][Sb-]([Cl])([Cl])([Cl])([Cl])[Cl]. The molecule has 0 fully saturated rings. The molecule has 0 aromatic heterocycles. The van der Waals surface area contributed by atoms with Crippen LogP contribution in [0, 0.1) is 0 Å². The average Bonchev–Trinajstić information content (AvgIpc) is 2.23. The first kappa shape index (κ1) is 32.7. The summed E-state index contributed by atoms with van der Waals surface area (Å²) in [5, 5.41) is 0. The van der Waals surface area contributed by atoms with Crippen molar-refractivity contribution in [2.24, 2.45) is 0 Å². The van der Waals surface area contributed by atoms with Crippen molar-refractivity contribution >= 4 is 121 Å². The Morgan fingerprint density at radius 2 is 0.750 bits per heavy atom. The van der Waals surface area contributed by atoms with Crippen LogP contribution in [0.2, 0.25) is 0 Å². The summed E-state index contributed by atoms with van der Waals surface area (Å²) < 4.78 is 0. The van der Waals surface area contributed by atoms with E-state index in [0.717, 1.165) is 0 Å². The molecule has 0 nitrogen and oxygen atoms in total. The van der Waals surface area contributed by atoms with E-state index >= 15 is 0 Å². The third-order valence-corrected chi connectivity index (χ3v) is 11.2. The van der Waals surface area contributed by atoms with E-state index in [9.17, 15) is 0 Å². The van der Waals surface area contributed by atoms with E-state index in [-0.39, 0.29) is 12.4 Å². The second-order valence-corrected chi connectivity index (χ2v) is 71.3. The molecule has 0 heterocycles. The number of hydrogen-bond acceptors (Lipinski definition) is 0. The Hall–Kier alpha value is 5.01. The van der Waals surface area contributed by atoms with Crippen molar-refractivity contribution in [3.05, 3.63) is 0 Å². The van der Waals surface area contributed by atoms with Gasteiger partial charge in [-0.05, 0) is 27.7 Å². The van der Waals surface area contributed by atoms with Crippen LogP contribution in [0.25, 0.3) is 0 Å². The van der Waals surface area contributed by atoms with Crippen molar-refractivity contribution in [1.29, 1.82) is 0 Å². The second kappa shape index (κ2) is 14.1. The molecular weight excluding hydrogens is 784 g/mol. The monoisotopic (exact) mass is 800 g/mol. The van der Waals surface area contributed by atoms with E-state index in [4.69, 9.17) is 53.0 Å². The normalized spacial score (nSPS) is 14.1. The zero-order valence-corrected chi connectivity index (χ0v) is 25.3. The fourth-order valence-electron chi connectivity index (χ4n) is 0.408. The molecule has 0 saturated heterocycles. The van der Waals surface area contributed by atoms with Crippen molar-refractivity contribution < 1.29 is 12.4 Å². The fourth-order valence-corrected chi connectivity index (χ4v) is 1.22. The van der Waals surface area contributed by atoms with Gasteiger partial charge in [-0.3, -0.25) is 0 Å². The molecule has 20 heavy (non-hydrogen) atoms. The fraction of sp³-hybridized carbons (Fsp3) is 1.00. The third kappa shape index (κ3) is 65.9. The van der Waals surface area contributed by atoms with Crippen LogP contribution in [0.4, 0.5) is 0 Å². The molecular formula is C8H20Cl7I2S2Sb. The third-order valence-electron chi connectivity index (χ3n) is 1.25. The van der Waals surface area contributed by atoms with Crippen molar-refractivity contribution in [2.45, 2.75) is 27.7 Å². The molecule has 0 aromatic carbocycles. The van der Waals surface area contributed by atoms with Gasteiger partial charge in [0.1, 0.15) is 23.0 Å². The minimum atomic E-state index is -5.42. The van der Waals surface area contributed by atoms with Crippen LogP contribution in [0.3, 0.4) is 0 Å². The predicted octanol–water partition coefficient (Wildman–Crippen LogP) is 4.75. The zero-order valence-electron chi connectivity index (χ0n) is 11.5. The molecule has 0 aliphatic heterocycles. The Morgan fingerprint density at radius 3 is 0.750 bits per heavy atom. The van der Waals surface area contributed by atoms with Gasteiger partial charge < -0.3 is 12.4 Å². The zero-order chi connectivity index (χ0) is 16.4. The van der Waals surface area contributed by atoms with Gasteiger partial charge >= 0.3 is 62.1 Å². The topological polar surface area (TPSA) is 0 Å². The van der Waals surface area contributed by atoms with Gasteiger partial charge in [0.25, 0.3) is 42.4 Å². The molecule has 0 spiro atoms. The molecule has 0 aliphatic carbocycles. The van der Waals surface area contributed by atoms with E-state index in [1.165, 1.54) is 23.0 Å². The molecule has 0 unspecified atom stereocenters. The second-order valence-electron chi connectivity index (χ2n) is 2.96. The number of rotatable bonds is 4. The summed E-state index contributed by atoms with van der Waals surface area (Å²) in [7, 11) is 26.3. The number of halogens is 9. The molecule has 0 bridgehead atoms. The van der Waals surface area contributed by atoms with Crippen molar-refractivity contribution in [3.63, 3.8) is 0 Å². The van der Waals surface area contributed by atoms with Gasteiger partial charge in [0, 0.05) is 0 Å². The van der Waals surface area contributed by atoms with E-state index < -0.39 is 9.14 Å². The summed E-state index contributed by atoms with van der Waals surface area (Å²) in [5.41, 5.74) is 0. The van der Waals surface area contributed by atoms with Gasteiger partial charge in [-0.15, -0.1) is 0 Å². The van der Waals surface area contributed by atoms with Crippen LogP contribution >= 0.6 is 95.4 Å². The van der Waals surface area contributed by atoms with E-state index in [1.54, 1.807) is 0 Å². The standard InChI is InChI=1S/2C4H10IS.7ClH.Sb/c2*1-3-6(5)4-2;;;;;;;;/h2*3-4H2,1-2H3;7*1H;/q2*+1;;;;;;;;+5/p-7. The van der Waals surface area contributed by atoms with Crippen LogP contribution < -0.4 is 12.4 Å². The summed E-state index contributed by atoms with van der Waals surface area (Å²) in [6, 6.07) is 0. The summed E-state index contributed by atoms with van der Waals surface area (Å²) in [6.07, 6.45) is 0. The van der Waals surface area contributed by atoms with E-state index in [1.807, 2.05) is 0 Å². The Balaban J connectivity index is -0.0000000941. The molecule has 0 atom stereocenters. The van der Waals surface area contributed by atoms with Gasteiger partial charge in [-0.1, -0.05) is 0 Å². The first-order chi connectivity index (χ1) is 8.07. The van der Waals surface area contributed by atoms with Crippen LogP contribution in [-0.2, 0) is 16.1 Å². The van der Waals surface area contributed by atoms with Crippen LogP contribution in [-0.4, -0.2) is 32.2 Å². The van der Waals surface area contributed by atoms with Crippen LogP contribution in [0.1, 0.15) is 27.7 Å². The minimum absolute atomic E-state index is 0. The summed E-state index contributed by atoms with van der Waals surface area (Å²) in [4.78, 5) is 0. The summed E-state index contributed by atoms with van der Waals surface area (Å²) >= 11 is 4.99. The first-order valence-corrected chi connectivity index (χ1v) is 32.9. The first-order valence-electron chi connectivity index (χ1n) is 5.31. The molecule has 132 valence electrons. The Kier molecular flexibility index (Phi) is 23.0. The van der Waals surface area contributed by atoms with Crippen LogP contribution in [0.5, 0.6) is 0 Å². The van der Waals surface area contributed by atoms with Gasteiger partial charge in [-0.2, -0.15) is 0 Å². The quantitative estimate of drug-likeness (QED) is 0.219. The maximum absolute atomic E-state index is 5.42. The Bertz CT molecular complexity index is 194. The van der Waals surface area contributed by atoms with Gasteiger partial charge in [0.2, 0.25) is 0 Å². The van der Waals surface area contributed by atoms with Gasteiger partial charge in [-0.25, -0.2) is 0 Å². The van der Waals surface area contributed by atoms with Gasteiger partial charge in [0.05, 0.1) is 16.1 Å². The Morgan fingerprint density at radius 1 is 0.650 bits per heavy atom. The number of hydrogen-bond donors (Lipinski definition) is 0. The van der Waals surface area contributed by atoms with Crippen molar-refractivity contribution in [1.82, 2.24) is 0 Å². The van der Waals surface area contributed by atoms with E-state index in [2.05, 4.69) is 70.1 Å². The molecule has 0 amide bonds. The van der Waals surface area contributed by atoms with Crippen LogP contribution in [0.15, 0.2) is 0 Å². The molecule has 0 aliphatic rings. The molecule has 0 radical (unpaired) electrons. The molecule has 0 aromatic rings. The molecule has 0 saturated carbocycles.